The molecule has 0 amide bonds. The maximum Gasteiger partial charge on any atom is 0.344 e. The van der Waals surface area contributed by atoms with E-state index in [1.54, 1.807) is 6.92 Å². The van der Waals surface area contributed by atoms with Gasteiger partial charge in [0.2, 0.25) is 5.67 Å². The Morgan fingerprint density at radius 2 is 2.30 bits per heavy atom. The van der Waals surface area contributed by atoms with Gasteiger partial charge >= 0.3 is 5.97 Å². The van der Waals surface area contributed by atoms with Crippen molar-refractivity contribution in [3.63, 3.8) is 0 Å². The lowest BCUT2D eigenvalue weighted by Crippen LogP contribution is -2.39. The number of hydrogen-bond acceptors (Lipinski definition) is 3. The van der Waals surface area contributed by atoms with Gasteiger partial charge in [0, 0.05) is 6.54 Å². The molecule has 0 spiro atoms. The van der Waals surface area contributed by atoms with Gasteiger partial charge < -0.3 is 10.5 Å². The van der Waals surface area contributed by atoms with Crippen LogP contribution in [0.2, 0.25) is 0 Å². The first-order valence-corrected chi connectivity index (χ1v) is 3.10. The Balaban J connectivity index is 3.91. The van der Waals surface area contributed by atoms with Crippen LogP contribution in [0.25, 0.3) is 0 Å². The predicted molar refractivity (Wildman–Crippen MR) is 35.2 cm³/mol. The summed E-state index contributed by atoms with van der Waals surface area (Å²) in [6, 6.07) is 0. The van der Waals surface area contributed by atoms with Gasteiger partial charge in [-0.1, -0.05) is 0 Å². The lowest BCUT2D eigenvalue weighted by molar-refractivity contribution is -0.155. The van der Waals surface area contributed by atoms with Crippen molar-refractivity contribution in [3.05, 3.63) is 0 Å². The molecule has 0 radical (unpaired) electrons. The Kier molecular flexibility index (Phi) is 3.28. The summed E-state index contributed by atoms with van der Waals surface area (Å²) >= 11 is 0. The van der Waals surface area contributed by atoms with E-state index in [2.05, 4.69) is 4.74 Å². The second-order valence-electron chi connectivity index (χ2n) is 2.12. The fraction of sp³-hybridized carbons (Fsp3) is 0.833. The van der Waals surface area contributed by atoms with Crippen molar-refractivity contribution in [1.29, 1.82) is 0 Å². The van der Waals surface area contributed by atoms with Crippen LogP contribution in [0.1, 0.15) is 13.8 Å². The van der Waals surface area contributed by atoms with Gasteiger partial charge in [-0.05, 0) is 13.8 Å². The average Bonchev–Trinajstić information content (AvgIpc) is 1.89. The summed E-state index contributed by atoms with van der Waals surface area (Å²) in [6.45, 7) is 2.56. The van der Waals surface area contributed by atoms with Crippen molar-refractivity contribution in [2.24, 2.45) is 5.73 Å². The molecule has 0 aliphatic rings. The lowest BCUT2D eigenvalue weighted by Gasteiger charge is -2.14. The van der Waals surface area contributed by atoms with Crippen LogP contribution >= 0.6 is 0 Å². The summed E-state index contributed by atoms with van der Waals surface area (Å²) in [4.78, 5) is 10.6. The van der Waals surface area contributed by atoms with E-state index in [-0.39, 0.29) is 13.2 Å². The molecule has 2 N–H and O–H groups in total. The van der Waals surface area contributed by atoms with Crippen LogP contribution < -0.4 is 5.73 Å². The molecule has 4 heteroatoms. The molecular formula is C6H12FNO2. The number of rotatable bonds is 3. The number of carbonyl (C=O) groups excluding carboxylic acids is 1. The van der Waals surface area contributed by atoms with Gasteiger partial charge in [-0.3, -0.25) is 0 Å². The Hall–Kier alpha value is -0.640. The number of hydrogen-bond donors (Lipinski definition) is 1. The van der Waals surface area contributed by atoms with Crippen molar-refractivity contribution in [2.45, 2.75) is 19.5 Å². The second-order valence-corrected chi connectivity index (χ2v) is 2.12. The van der Waals surface area contributed by atoms with Gasteiger partial charge in [-0.25, -0.2) is 9.18 Å². The van der Waals surface area contributed by atoms with Gasteiger partial charge in [0.1, 0.15) is 0 Å². The molecule has 0 aromatic rings. The van der Waals surface area contributed by atoms with Crippen molar-refractivity contribution in [2.75, 3.05) is 13.2 Å². The number of ether oxygens (including phenoxy) is 1. The standard InChI is InChI=1S/C6H12FNO2/c1-3-10-5(9)6(2,7)4-8/h3-4,8H2,1-2H3/t6-/m1/s1. The smallest absolute Gasteiger partial charge is 0.344 e. The maximum absolute atomic E-state index is 12.8. The summed E-state index contributed by atoms with van der Waals surface area (Å²) in [5, 5.41) is 0. The number of carbonyl (C=O) groups is 1. The van der Waals surface area contributed by atoms with Crippen LogP contribution in [0.5, 0.6) is 0 Å². The molecule has 0 saturated heterocycles. The van der Waals surface area contributed by atoms with E-state index in [0.717, 1.165) is 6.92 Å². The zero-order valence-corrected chi connectivity index (χ0v) is 6.19. The molecule has 0 saturated carbocycles. The minimum absolute atomic E-state index is 0.179. The van der Waals surface area contributed by atoms with Crippen molar-refractivity contribution in [1.82, 2.24) is 0 Å². The van der Waals surface area contributed by atoms with Crippen LogP contribution in [-0.2, 0) is 9.53 Å². The highest BCUT2D eigenvalue weighted by atomic mass is 19.1. The molecule has 0 fully saturated rings. The lowest BCUT2D eigenvalue weighted by atomic mass is 10.1. The van der Waals surface area contributed by atoms with Crippen molar-refractivity contribution < 1.29 is 13.9 Å². The molecule has 0 heterocycles. The maximum atomic E-state index is 12.8. The van der Waals surface area contributed by atoms with E-state index in [4.69, 9.17) is 5.73 Å². The highest BCUT2D eigenvalue weighted by Crippen LogP contribution is 2.09. The van der Waals surface area contributed by atoms with Crippen LogP contribution in [0.3, 0.4) is 0 Å². The monoisotopic (exact) mass is 149 g/mol. The van der Waals surface area contributed by atoms with Crippen LogP contribution in [0, 0.1) is 0 Å². The molecule has 0 rings (SSSR count). The highest BCUT2D eigenvalue weighted by Gasteiger charge is 2.32. The minimum Gasteiger partial charge on any atom is -0.464 e. The van der Waals surface area contributed by atoms with Gasteiger partial charge in [0.15, 0.2) is 0 Å². The molecule has 0 aromatic heterocycles. The topological polar surface area (TPSA) is 52.3 Å². The van der Waals surface area contributed by atoms with Crippen LogP contribution in [0.15, 0.2) is 0 Å². The van der Waals surface area contributed by atoms with Crippen molar-refractivity contribution in [3.8, 4) is 0 Å². The molecule has 60 valence electrons. The highest BCUT2D eigenvalue weighted by molar-refractivity contribution is 5.79. The van der Waals surface area contributed by atoms with Crippen LogP contribution in [-0.4, -0.2) is 24.8 Å². The quantitative estimate of drug-likeness (QED) is 0.584. The second kappa shape index (κ2) is 3.51. The summed E-state index contributed by atoms with van der Waals surface area (Å²) in [7, 11) is 0. The zero-order valence-electron chi connectivity index (χ0n) is 6.19. The summed E-state index contributed by atoms with van der Waals surface area (Å²) in [6.07, 6.45) is 0. The number of alkyl halides is 1. The molecule has 0 aromatic carbocycles. The Morgan fingerprint density at radius 3 is 2.60 bits per heavy atom. The van der Waals surface area contributed by atoms with E-state index >= 15 is 0 Å². The van der Waals surface area contributed by atoms with Gasteiger partial charge in [0.25, 0.3) is 0 Å². The third-order valence-electron chi connectivity index (χ3n) is 1.08. The largest absolute Gasteiger partial charge is 0.464 e. The molecule has 10 heavy (non-hydrogen) atoms. The van der Waals surface area contributed by atoms with Gasteiger partial charge in [-0.15, -0.1) is 0 Å². The van der Waals surface area contributed by atoms with E-state index in [0.29, 0.717) is 0 Å². The fourth-order valence-electron chi connectivity index (χ4n) is 0.365. The Labute approximate surface area is 59.3 Å². The normalized spacial score (nSPS) is 16.0. The summed E-state index contributed by atoms with van der Waals surface area (Å²) < 4.78 is 17.2. The summed E-state index contributed by atoms with van der Waals surface area (Å²) in [5.41, 5.74) is 2.93. The molecule has 1 atom stereocenters. The predicted octanol–water partition coefficient (Wildman–Crippen LogP) is 0.236. The molecule has 0 bridgehead atoms. The molecule has 3 nitrogen and oxygen atoms in total. The van der Waals surface area contributed by atoms with Crippen molar-refractivity contribution >= 4 is 5.97 Å². The molecule has 0 aliphatic heterocycles. The van der Waals surface area contributed by atoms with E-state index in [1.807, 2.05) is 0 Å². The Morgan fingerprint density at radius 1 is 1.80 bits per heavy atom. The van der Waals surface area contributed by atoms with Gasteiger partial charge in [0.05, 0.1) is 6.61 Å². The fourth-order valence-corrected chi connectivity index (χ4v) is 0.365. The van der Waals surface area contributed by atoms with E-state index < -0.39 is 11.6 Å². The number of halogens is 1. The molecule has 0 aliphatic carbocycles. The molecular weight excluding hydrogens is 137 g/mol. The third-order valence-corrected chi connectivity index (χ3v) is 1.08. The average molecular weight is 149 g/mol. The molecule has 0 unspecified atom stereocenters. The van der Waals surface area contributed by atoms with Crippen LogP contribution in [0.4, 0.5) is 4.39 Å². The first-order chi connectivity index (χ1) is 4.54. The third kappa shape index (κ3) is 2.31. The number of esters is 1. The Bertz CT molecular complexity index is 125. The first-order valence-electron chi connectivity index (χ1n) is 3.10. The SMILES string of the molecule is CCOC(=O)[C@](C)(F)CN. The van der Waals surface area contributed by atoms with E-state index in [1.165, 1.54) is 0 Å². The first kappa shape index (κ1) is 9.36. The summed E-state index contributed by atoms with van der Waals surface area (Å²) in [5.74, 6) is -0.891. The van der Waals surface area contributed by atoms with Gasteiger partial charge in [-0.2, -0.15) is 0 Å². The van der Waals surface area contributed by atoms with E-state index in [9.17, 15) is 9.18 Å². The minimum atomic E-state index is -2.03. The zero-order chi connectivity index (χ0) is 8.20. The number of nitrogens with two attached hydrogens (primary N) is 1.